The first-order valence-electron chi connectivity index (χ1n) is 13.4. The van der Waals surface area contributed by atoms with E-state index in [1.807, 2.05) is 0 Å². The molecule has 0 saturated carbocycles. The summed E-state index contributed by atoms with van der Waals surface area (Å²) in [5.41, 5.74) is 10.7. The first-order chi connectivity index (χ1) is 19.3. The fourth-order valence-corrected chi connectivity index (χ4v) is 7.94. The molecule has 5 N–H and O–H groups in total. The van der Waals surface area contributed by atoms with Gasteiger partial charge >= 0.3 is 12.2 Å². The second-order valence-electron chi connectivity index (χ2n) is 11.3. The minimum absolute atomic E-state index is 0.121. The van der Waals surface area contributed by atoms with Crippen LogP contribution in [0.2, 0.25) is 0 Å². The molecule has 0 aliphatic carbocycles. The van der Waals surface area contributed by atoms with E-state index >= 15 is 0 Å². The number of hydrogen-bond donors (Lipinski definition) is 3. The Morgan fingerprint density at radius 1 is 1.12 bits per heavy atom. The molecular weight excluding hydrogens is 565 g/mol. The molecular formula is C26H31F3N6O5S. The summed E-state index contributed by atoms with van der Waals surface area (Å²) < 4.78 is 73.8. The Labute approximate surface area is 234 Å². The standard InChI is InChI=1S/C26H31F3N6O5S/c27-26(28,29)25(37)9-19-2-3-20(10-25)35(19)24(36)33-5-6-40-21-4-1-15(7-17(21)12-33)16-8-22(23(31)32-11-16)41(38,39)34-13-18(30)14-34/h1,4,7-8,11,18-20,37H,2-3,5-6,9-10,12-14,30H2,(H2,31,32). The topological polar surface area (TPSA) is 155 Å². The van der Waals surface area contributed by atoms with Gasteiger partial charge in [0, 0.05) is 61.4 Å². The van der Waals surface area contributed by atoms with Crippen LogP contribution >= 0.6 is 0 Å². The van der Waals surface area contributed by atoms with Gasteiger partial charge in [0.25, 0.3) is 0 Å². The fraction of sp³-hybridized carbons (Fsp3) is 0.538. The summed E-state index contributed by atoms with van der Waals surface area (Å²) in [6, 6.07) is 4.68. The van der Waals surface area contributed by atoms with Crippen molar-refractivity contribution in [1.29, 1.82) is 0 Å². The van der Waals surface area contributed by atoms with Gasteiger partial charge in [-0.25, -0.2) is 18.2 Å². The number of carbonyl (C=O) groups is 1. The predicted octanol–water partition coefficient (Wildman–Crippen LogP) is 1.90. The van der Waals surface area contributed by atoms with Crippen LogP contribution in [0.3, 0.4) is 0 Å². The number of hydrogen-bond acceptors (Lipinski definition) is 8. The molecule has 1 aromatic carbocycles. The molecule has 0 spiro atoms. The van der Waals surface area contributed by atoms with Crippen LogP contribution in [0.4, 0.5) is 23.8 Å². The maximum absolute atomic E-state index is 13.6. The van der Waals surface area contributed by atoms with E-state index in [0.717, 1.165) is 0 Å². The number of alkyl halides is 3. The van der Waals surface area contributed by atoms with Crippen LogP contribution in [0.5, 0.6) is 5.75 Å². The second kappa shape index (κ2) is 9.71. The van der Waals surface area contributed by atoms with E-state index in [-0.39, 0.29) is 55.6 Å². The number of amides is 2. The van der Waals surface area contributed by atoms with Crippen molar-refractivity contribution in [1.82, 2.24) is 19.1 Å². The lowest BCUT2D eigenvalue weighted by molar-refractivity contribution is -0.277. The minimum atomic E-state index is -4.76. The van der Waals surface area contributed by atoms with Gasteiger partial charge in [-0.2, -0.15) is 17.5 Å². The smallest absolute Gasteiger partial charge is 0.417 e. The summed E-state index contributed by atoms with van der Waals surface area (Å²) >= 11 is 0. The molecule has 2 atom stereocenters. The minimum Gasteiger partial charge on any atom is -0.491 e. The molecule has 5 heterocycles. The number of anilines is 1. The molecule has 0 radical (unpaired) electrons. The number of piperidine rings is 1. The second-order valence-corrected chi connectivity index (χ2v) is 13.2. The normalized spacial score (nSPS) is 27.1. The monoisotopic (exact) mass is 596 g/mol. The molecule has 222 valence electrons. The number of aliphatic hydroxyl groups is 1. The van der Waals surface area contributed by atoms with Crippen molar-refractivity contribution in [3.8, 4) is 16.9 Å². The van der Waals surface area contributed by atoms with Gasteiger partial charge in [-0.1, -0.05) is 6.07 Å². The van der Waals surface area contributed by atoms with Crippen molar-refractivity contribution < 1.29 is 36.2 Å². The third-order valence-electron chi connectivity index (χ3n) is 8.54. The number of nitrogens with zero attached hydrogens (tertiary/aromatic N) is 4. The summed E-state index contributed by atoms with van der Waals surface area (Å²) in [5.74, 6) is 0.417. The quantitative estimate of drug-likeness (QED) is 0.485. The van der Waals surface area contributed by atoms with Gasteiger partial charge in [-0.3, -0.25) is 0 Å². The molecule has 41 heavy (non-hydrogen) atoms. The number of carbonyl (C=O) groups excluding carboxylic acids is 1. The van der Waals surface area contributed by atoms with Crippen molar-refractivity contribution in [2.45, 2.75) is 67.0 Å². The number of halogens is 3. The fourth-order valence-electron chi connectivity index (χ4n) is 6.29. The average molecular weight is 597 g/mol. The molecule has 11 nitrogen and oxygen atoms in total. The zero-order valence-electron chi connectivity index (χ0n) is 22.0. The van der Waals surface area contributed by atoms with Gasteiger partial charge in [-0.05, 0) is 36.6 Å². The van der Waals surface area contributed by atoms with E-state index in [1.54, 1.807) is 23.1 Å². The zero-order chi connectivity index (χ0) is 29.3. The third kappa shape index (κ3) is 4.77. The Kier molecular flexibility index (Phi) is 6.63. The largest absolute Gasteiger partial charge is 0.491 e. The number of ether oxygens (including phenoxy) is 1. The summed E-state index contributed by atoms with van der Waals surface area (Å²) in [4.78, 5) is 20.7. The first-order valence-corrected chi connectivity index (χ1v) is 14.8. The Morgan fingerprint density at radius 3 is 2.44 bits per heavy atom. The van der Waals surface area contributed by atoms with Crippen molar-refractivity contribution in [3.05, 3.63) is 36.0 Å². The van der Waals surface area contributed by atoms with Crippen LogP contribution in [0.1, 0.15) is 31.2 Å². The lowest BCUT2D eigenvalue weighted by Gasteiger charge is -2.45. The van der Waals surface area contributed by atoms with Crippen LogP contribution in [0, 0.1) is 0 Å². The Hall–Kier alpha value is -3.14. The van der Waals surface area contributed by atoms with Crippen LogP contribution in [-0.4, -0.2) is 94.8 Å². The van der Waals surface area contributed by atoms with E-state index in [1.165, 1.54) is 21.5 Å². The van der Waals surface area contributed by atoms with Gasteiger partial charge in [-0.15, -0.1) is 0 Å². The molecule has 4 aliphatic rings. The summed E-state index contributed by atoms with van der Waals surface area (Å²) in [5, 5.41) is 10.3. The number of fused-ring (bicyclic) bond motifs is 3. The SMILES string of the molecule is Nc1ncc(-c2ccc3c(c2)CN(C(=O)N2C4CCC2CC(O)(C(F)(F)F)C4)CCO3)cc1S(=O)(=O)N1CC(N)C1. The zero-order valence-corrected chi connectivity index (χ0v) is 22.9. The molecule has 2 bridgehead atoms. The summed E-state index contributed by atoms with van der Waals surface area (Å²) in [6.07, 6.45) is -3.57. The lowest BCUT2D eigenvalue weighted by atomic mass is 9.85. The highest BCUT2D eigenvalue weighted by Crippen LogP contribution is 2.48. The highest BCUT2D eigenvalue weighted by molar-refractivity contribution is 7.89. The van der Waals surface area contributed by atoms with E-state index in [2.05, 4.69) is 4.98 Å². The number of aromatic nitrogens is 1. The summed E-state index contributed by atoms with van der Waals surface area (Å²) in [6.45, 7) is 0.949. The van der Waals surface area contributed by atoms with Gasteiger partial charge in [0.1, 0.15) is 23.1 Å². The van der Waals surface area contributed by atoms with Crippen LogP contribution in [-0.2, 0) is 16.6 Å². The summed E-state index contributed by atoms with van der Waals surface area (Å²) in [7, 11) is -3.88. The molecule has 4 aliphatic heterocycles. The number of pyridine rings is 1. The highest BCUT2D eigenvalue weighted by Gasteiger charge is 2.61. The molecule has 15 heteroatoms. The van der Waals surface area contributed by atoms with E-state index < -0.39 is 46.7 Å². The van der Waals surface area contributed by atoms with Crippen LogP contribution < -0.4 is 16.2 Å². The molecule has 2 amide bonds. The van der Waals surface area contributed by atoms with Gasteiger partial charge in [0.2, 0.25) is 10.0 Å². The number of rotatable bonds is 3. The van der Waals surface area contributed by atoms with Crippen LogP contribution in [0.25, 0.3) is 11.1 Å². The molecule has 6 rings (SSSR count). The van der Waals surface area contributed by atoms with E-state index in [0.29, 0.717) is 35.3 Å². The Bertz CT molecular complexity index is 1470. The number of benzene rings is 1. The van der Waals surface area contributed by atoms with Crippen molar-refractivity contribution in [2.75, 3.05) is 32.0 Å². The predicted molar refractivity (Wildman–Crippen MR) is 141 cm³/mol. The molecule has 2 unspecified atom stereocenters. The Balaban J connectivity index is 1.24. The number of sulfonamides is 1. The lowest BCUT2D eigenvalue weighted by Crippen LogP contribution is -2.60. The number of nitrogen functional groups attached to an aromatic ring is 1. The van der Waals surface area contributed by atoms with Crippen LogP contribution in [0.15, 0.2) is 35.4 Å². The van der Waals surface area contributed by atoms with Crippen molar-refractivity contribution >= 4 is 21.9 Å². The maximum atomic E-state index is 13.6. The van der Waals surface area contributed by atoms with Crippen molar-refractivity contribution in [2.24, 2.45) is 5.73 Å². The third-order valence-corrected chi connectivity index (χ3v) is 10.4. The molecule has 2 aromatic rings. The average Bonchev–Trinajstić information content (AvgIpc) is 3.04. The molecule has 3 saturated heterocycles. The van der Waals surface area contributed by atoms with Gasteiger partial charge < -0.3 is 31.1 Å². The van der Waals surface area contributed by atoms with Gasteiger partial charge in [0.15, 0.2) is 5.60 Å². The van der Waals surface area contributed by atoms with E-state index in [4.69, 9.17) is 16.2 Å². The number of nitrogens with two attached hydrogens (primary N) is 2. The molecule has 3 fully saturated rings. The Morgan fingerprint density at radius 2 is 1.80 bits per heavy atom. The first kappa shape index (κ1) is 28.0. The highest BCUT2D eigenvalue weighted by atomic mass is 32.2. The molecule has 1 aromatic heterocycles. The van der Waals surface area contributed by atoms with Gasteiger partial charge in [0.05, 0.1) is 13.1 Å². The number of urea groups is 1. The van der Waals surface area contributed by atoms with E-state index in [9.17, 15) is 31.5 Å². The maximum Gasteiger partial charge on any atom is 0.417 e. The van der Waals surface area contributed by atoms with Crippen molar-refractivity contribution in [3.63, 3.8) is 0 Å².